The predicted molar refractivity (Wildman–Crippen MR) is 59.5 cm³/mol. The number of alkyl halides is 2. The molecule has 0 unspecified atom stereocenters. The van der Waals surface area contributed by atoms with E-state index in [0.717, 1.165) is 0 Å². The molecule has 1 atom stereocenters. The van der Waals surface area contributed by atoms with Gasteiger partial charge >= 0.3 is 0 Å². The van der Waals surface area contributed by atoms with Gasteiger partial charge in [-0.3, -0.25) is 4.57 Å². The molecule has 18 heavy (non-hydrogen) atoms. The molecule has 1 saturated carbocycles. The highest BCUT2D eigenvalue weighted by atomic mass is 19.3. The lowest BCUT2D eigenvalue weighted by molar-refractivity contribution is 0.0890. The van der Waals surface area contributed by atoms with Gasteiger partial charge in [-0.25, -0.2) is 23.7 Å². The lowest BCUT2D eigenvalue weighted by Gasteiger charge is -1.95. The summed E-state index contributed by atoms with van der Waals surface area (Å²) in [5.41, 5.74) is 6.17. The first-order chi connectivity index (χ1) is 8.55. The molecule has 2 aromatic heterocycles. The second-order valence-electron chi connectivity index (χ2n) is 4.03. The molecule has 0 saturated heterocycles. The van der Waals surface area contributed by atoms with Gasteiger partial charge in [0.1, 0.15) is 12.7 Å². The highest BCUT2D eigenvalue weighted by molar-refractivity contribution is 5.82. The Bertz CT molecular complexity index is 651. The first kappa shape index (κ1) is 11.0. The maximum Gasteiger partial charge on any atom is 0.280 e. The van der Waals surface area contributed by atoms with Crippen molar-refractivity contribution in [3.8, 4) is 0 Å². The summed E-state index contributed by atoms with van der Waals surface area (Å²) >= 11 is 0. The Kier molecular flexibility index (Phi) is 2.11. The van der Waals surface area contributed by atoms with Crippen molar-refractivity contribution in [1.29, 1.82) is 0 Å². The molecule has 6 nitrogen and oxygen atoms in total. The Morgan fingerprint density at radius 3 is 2.89 bits per heavy atom. The molecule has 0 aliphatic heterocycles. The number of anilines is 1. The molecule has 0 radical (unpaired) electrons. The number of nitrogens with two attached hydrogens (primary N) is 1. The van der Waals surface area contributed by atoms with Crippen LogP contribution in [0.5, 0.6) is 0 Å². The standard InChI is InChI=1S/C10H9F2N5O/c11-10(12)5(6(10)2-18)1-17-4-16-7-8(13)14-3-15-9(7)17/h1,3-4,6,18H,2H2,(H2,13,14,15)/b5-1-/t6-/m0/s1. The number of halogens is 2. The minimum Gasteiger partial charge on any atom is -0.395 e. The van der Waals surface area contributed by atoms with Crippen molar-refractivity contribution in [2.24, 2.45) is 5.92 Å². The topological polar surface area (TPSA) is 89.9 Å². The molecule has 2 heterocycles. The van der Waals surface area contributed by atoms with Gasteiger partial charge in [0.25, 0.3) is 5.92 Å². The largest absolute Gasteiger partial charge is 0.395 e. The van der Waals surface area contributed by atoms with Crippen molar-refractivity contribution in [3.63, 3.8) is 0 Å². The Morgan fingerprint density at radius 2 is 2.22 bits per heavy atom. The lowest BCUT2D eigenvalue weighted by Crippen LogP contribution is -1.96. The number of fused-ring (bicyclic) bond motifs is 1. The van der Waals surface area contributed by atoms with Crippen LogP contribution >= 0.6 is 0 Å². The zero-order valence-corrected chi connectivity index (χ0v) is 9.09. The Morgan fingerprint density at radius 1 is 1.44 bits per heavy atom. The summed E-state index contributed by atoms with van der Waals surface area (Å²) in [5, 5.41) is 8.81. The van der Waals surface area contributed by atoms with Crippen LogP contribution in [0.2, 0.25) is 0 Å². The van der Waals surface area contributed by atoms with Crippen molar-refractivity contribution in [2.45, 2.75) is 5.92 Å². The van der Waals surface area contributed by atoms with Crippen LogP contribution in [0, 0.1) is 5.92 Å². The van der Waals surface area contributed by atoms with Gasteiger partial charge in [-0.15, -0.1) is 0 Å². The molecule has 0 aromatic carbocycles. The number of nitrogen functional groups attached to an aromatic ring is 1. The summed E-state index contributed by atoms with van der Waals surface area (Å²) in [6, 6.07) is 0. The fourth-order valence-electron chi connectivity index (χ4n) is 1.86. The van der Waals surface area contributed by atoms with Crippen LogP contribution in [0.25, 0.3) is 17.4 Å². The maximum absolute atomic E-state index is 13.2. The molecule has 1 aliphatic carbocycles. The maximum atomic E-state index is 13.2. The van der Waals surface area contributed by atoms with Crippen LogP contribution in [0.3, 0.4) is 0 Å². The highest BCUT2D eigenvalue weighted by Gasteiger charge is 2.63. The Balaban J connectivity index is 2.08. The molecule has 3 N–H and O–H groups in total. The van der Waals surface area contributed by atoms with E-state index in [4.69, 9.17) is 10.8 Å². The predicted octanol–water partition coefficient (Wildman–Crippen LogP) is 0.507. The monoisotopic (exact) mass is 253 g/mol. The Hall–Kier alpha value is -2.09. The summed E-state index contributed by atoms with van der Waals surface area (Å²) < 4.78 is 27.8. The number of rotatable bonds is 2. The zero-order valence-electron chi connectivity index (χ0n) is 9.09. The third-order valence-electron chi connectivity index (χ3n) is 2.96. The molecule has 0 bridgehead atoms. The van der Waals surface area contributed by atoms with Gasteiger partial charge in [-0.1, -0.05) is 0 Å². The van der Waals surface area contributed by atoms with Gasteiger partial charge in [0.05, 0.1) is 12.5 Å². The van der Waals surface area contributed by atoms with Crippen LogP contribution in [0.4, 0.5) is 14.6 Å². The number of aliphatic hydroxyl groups excluding tert-OH is 1. The van der Waals surface area contributed by atoms with Crippen LogP contribution in [0.1, 0.15) is 0 Å². The fraction of sp³-hybridized carbons (Fsp3) is 0.300. The second kappa shape index (κ2) is 3.45. The van der Waals surface area contributed by atoms with Crippen molar-refractivity contribution >= 4 is 23.2 Å². The molecule has 0 spiro atoms. The molecular formula is C10H9F2N5O. The average molecular weight is 253 g/mol. The van der Waals surface area contributed by atoms with Crippen molar-refractivity contribution in [3.05, 3.63) is 18.2 Å². The normalized spacial score (nSPS) is 23.7. The molecule has 1 fully saturated rings. The number of hydrogen-bond donors (Lipinski definition) is 2. The lowest BCUT2D eigenvalue weighted by atomic mass is 10.4. The number of nitrogens with zero attached hydrogens (tertiary/aromatic N) is 4. The molecule has 94 valence electrons. The summed E-state index contributed by atoms with van der Waals surface area (Å²) in [6.07, 6.45) is 3.80. The molecule has 0 amide bonds. The average Bonchev–Trinajstić information content (AvgIpc) is 2.69. The van der Waals surface area contributed by atoms with E-state index in [9.17, 15) is 8.78 Å². The molecule has 3 rings (SSSR count). The van der Waals surface area contributed by atoms with Crippen LogP contribution < -0.4 is 5.73 Å². The van der Waals surface area contributed by atoms with Gasteiger partial charge in [0.15, 0.2) is 17.0 Å². The third-order valence-corrected chi connectivity index (χ3v) is 2.96. The van der Waals surface area contributed by atoms with Gasteiger partial charge < -0.3 is 10.8 Å². The number of hydrogen-bond acceptors (Lipinski definition) is 5. The quantitative estimate of drug-likeness (QED) is 0.813. The summed E-state index contributed by atoms with van der Waals surface area (Å²) in [4.78, 5) is 11.7. The highest BCUT2D eigenvalue weighted by Crippen LogP contribution is 2.54. The molecule has 1 aliphatic rings. The molecular weight excluding hydrogens is 244 g/mol. The molecule has 2 aromatic rings. The van der Waals surface area contributed by atoms with Gasteiger partial charge in [-0.2, -0.15) is 0 Å². The minimum atomic E-state index is -2.95. The number of imidazole rings is 1. The minimum absolute atomic E-state index is 0.138. The van der Waals surface area contributed by atoms with Crippen LogP contribution in [0.15, 0.2) is 18.2 Å². The van der Waals surface area contributed by atoms with E-state index in [2.05, 4.69) is 15.0 Å². The third kappa shape index (κ3) is 1.39. The van der Waals surface area contributed by atoms with E-state index in [1.807, 2.05) is 0 Å². The van der Waals surface area contributed by atoms with Crippen molar-refractivity contribution in [2.75, 3.05) is 12.3 Å². The molecule has 8 heteroatoms. The number of aliphatic hydroxyl groups is 1. The van der Waals surface area contributed by atoms with Crippen molar-refractivity contribution < 1.29 is 13.9 Å². The van der Waals surface area contributed by atoms with E-state index < -0.39 is 18.4 Å². The van der Waals surface area contributed by atoms with Gasteiger partial charge in [0, 0.05) is 11.8 Å². The van der Waals surface area contributed by atoms with Gasteiger partial charge in [0.2, 0.25) is 0 Å². The van der Waals surface area contributed by atoms with Gasteiger partial charge in [-0.05, 0) is 0 Å². The van der Waals surface area contributed by atoms with Crippen molar-refractivity contribution in [1.82, 2.24) is 19.5 Å². The smallest absolute Gasteiger partial charge is 0.280 e. The van der Waals surface area contributed by atoms with E-state index >= 15 is 0 Å². The Labute approximate surface area is 99.8 Å². The van der Waals surface area contributed by atoms with E-state index in [1.165, 1.54) is 23.4 Å². The van der Waals surface area contributed by atoms with Crippen LogP contribution in [-0.4, -0.2) is 37.2 Å². The van der Waals surface area contributed by atoms with E-state index in [0.29, 0.717) is 11.2 Å². The summed E-state index contributed by atoms with van der Waals surface area (Å²) in [6.45, 7) is -0.581. The second-order valence-corrected chi connectivity index (χ2v) is 4.03. The summed E-state index contributed by atoms with van der Waals surface area (Å²) in [5.74, 6) is -3.88. The first-order valence-electron chi connectivity index (χ1n) is 5.19. The zero-order chi connectivity index (χ0) is 12.9. The SMILES string of the molecule is Nc1ncnc2c1ncn2/C=C1/[C@H](CO)C1(F)F. The van der Waals surface area contributed by atoms with E-state index in [1.54, 1.807) is 0 Å². The first-order valence-corrected chi connectivity index (χ1v) is 5.19. The van der Waals surface area contributed by atoms with E-state index in [-0.39, 0.29) is 11.4 Å². The van der Waals surface area contributed by atoms with Crippen LogP contribution in [-0.2, 0) is 0 Å². The number of aromatic nitrogens is 4. The summed E-state index contributed by atoms with van der Waals surface area (Å²) in [7, 11) is 0. The fourth-order valence-corrected chi connectivity index (χ4v) is 1.86.